The quantitative estimate of drug-likeness (QED) is 0.100. The summed E-state index contributed by atoms with van der Waals surface area (Å²) in [5.74, 6) is -0.235. The van der Waals surface area contributed by atoms with E-state index in [0.29, 0.717) is 88.0 Å². The monoisotopic (exact) mass is 817 g/mol. The highest BCUT2D eigenvalue weighted by molar-refractivity contribution is 5.86. The number of methoxy groups -OCH3 is 2. The summed E-state index contributed by atoms with van der Waals surface area (Å²) in [4.78, 5) is 64.8. The van der Waals surface area contributed by atoms with E-state index in [1.165, 1.54) is 32.8 Å². The Labute approximate surface area is 339 Å². The van der Waals surface area contributed by atoms with Gasteiger partial charge in [-0.05, 0) is 50.8 Å². The number of imidazole rings is 2. The average Bonchev–Trinajstić information content (AvgIpc) is 4.00. The lowest BCUT2D eigenvalue weighted by molar-refractivity contribution is -0.135. The molecule has 2 unspecified atom stereocenters. The molecule has 0 saturated carbocycles. The van der Waals surface area contributed by atoms with Crippen LogP contribution in [0, 0.1) is 17.6 Å². The number of benzene rings is 1. The van der Waals surface area contributed by atoms with E-state index in [4.69, 9.17) is 14.3 Å². The third-order valence-corrected chi connectivity index (χ3v) is 9.55. The van der Waals surface area contributed by atoms with Crippen LogP contribution in [0.2, 0.25) is 0 Å². The lowest BCUT2D eigenvalue weighted by Crippen LogP contribution is -2.51. The molecule has 2 aliphatic heterocycles. The Morgan fingerprint density at radius 1 is 1.00 bits per heavy atom. The lowest BCUT2D eigenvalue weighted by Gasteiger charge is -2.33. The lowest BCUT2D eigenvalue weighted by atomic mass is 9.93. The van der Waals surface area contributed by atoms with Gasteiger partial charge >= 0.3 is 6.09 Å². The molecule has 1 aromatic carbocycles. The minimum Gasteiger partial charge on any atom is -0.471 e. The Morgan fingerprint density at radius 2 is 1.67 bits per heavy atom. The maximum atomic E-state index is 15.5. The molecule has 2 saturated heterocycles. The number of likely N-dealkylation sites (tertiary alicyclic amines) is 1. The van der Waals surface area contributed by atoms with E-state index in [1.54, 1.807) is 29.2 Å². The first-order chi connectivity index (χ1) is 27.9. The Balaban J connectivity index is 0.00000119. The predicted molar refractivity (Wildman–Crippen MR) is 215 cm³/mol. The second kappa shape index (κ2) is 24.6. The summed E-state index contributed by atoms with van der Waals surface area (Å²) < 4.78 is 45.1. The van der Waals surface area contributed by atoms with E-state index < -0.39 is 23.8 Å². The Bertz CT molecular complexity index is 1710. The molecule has 0 radical (unpaired) electrons. The first-order valence-electron chi connectivity index (χ1n) is 19.9. The normalized spacial score (nSPS) is 15.8. The molecule has 0 aliphatic carbocycles. The highest BCUT2D eigenvalue weighted by Crippen LogP contribution is 2.36. The van der Waals surface area contributed by atoms with Crippen molar-refractivity contribution < 1.29 is 42.2 Å². The fraction of sp³-hybridized carbons (Fsp3) is 0.600. The van der Waals surface area contributed by atoms with Gasteiger partial charge in [-0.25, -0.2) is 23.5 Å². The van der Waals surface area contributed by atoms with Gasteiger partial charge in [0.15, 0.2) is 0 Å². The second-order valence-electron chi connectivity index (χ2n) is 14.3. The maximum Gasteiger partial charge on any atom is 0.407 e. The molecule has 5 N–H and O–H groups in total. The SMILES string of the molecule is CCC.CNCC(=O)NCCOCCc1ncc(-c2cc(F)c(N3CCC(c4cnc(C5CCCN5C(=O)C(NC(=O)OC)C(C)C)[nH]4)CC3)c(F)c2)[nH]1.COC=O. The van der Waals surface area contributed by atoms with Crippen LogP contribution in [-0.2, 0) is 35.0 Å². The van der Waals surface area contributed by atoms with Crippen LogP contribution >= 0.6 is 0 Å². The van der Waals surface area contributed by atoms with E-state index in [1.807, 2.05) is 13.8 Å². The first-order valence-corrected chi connectivity index (χ1v) is 19.9. The van der Waals surface area contributed by atoms with E-state index in [9.17, 15) is 14.4 Å². The number of aromatic nitrogens is 4. The largest absolute Gasteiger partial charge is 0.471 e. The number of amides is 3. The van der Waals surface area contributed by atoms with E-state index in [-0.39, 0.29) is 41.9 Å². The van der Waals surface area contributed by atoms with Crippen LogP contribution in [0.5, 0.6) is 0 Å². The highest BCUT2D eigenvalue weighted by Gasteiger charge is 2.38. The molecule has 322 valence electrons. The van der Waals surface area contributed by atoms with E-state index >= 15 is 8.78 Å². The van der Waals surface area contributed by atoms with Crippen molar-refractivity contribution >= 4 is 30.1 Å². The molecular formula is C40H61F2N9O7. The minimum atomic E-state index is -0.712. The number of piperidine rings is 1. The summed E-state index contributed by atoms with van der Waals surface area (Å²) >= 11 is 0. The number of anilines is 1. The predicted octanol–water partition coefficient (Wildman–Crippen LogP) is 4.61. The van der Waals surface area contributed by atoms with Gasteiger partial charge in [-0.2, -0.15) is 0 Å². The van der Waals surface area contributed by atoms with Gasteiger partial charge in [0.25, 0.3) is 6.47 Å². The van der Waals surface area contributed by atoms with Crippen molar-refractivity contribution in [3.8, 4) is 11.3 Å². The summed E-state index contributed by atoms with van der Waals surface area (Å²) in [6.07, 6.45) is 7.34. The second-order valence-corrected chi connectivity index (χ2v) is 14.3. The molecule has 2 aromatic heterocycles. The molecular weight excluding hydrogens is 756 g/mol. The molecule has 0 spiro atoms. The van der Waals surface area contributed by atoms with Crippen molar-refractivity contribution in [1.29, 1.82) is 0 Å². The van der Waals surface area contributed by atoms with Crippen molar-refractivity contribution in [3.05, 3.63) is 53.5 Å². The number of H-pyrrole nitrogens is 2. The number of rotatable bonds is 16. The molecule has 16 nitrogen and oxygen atoms in total. The van der Waals surface area contributed by atoms with E-state index in [0.717, 1.165) is 18.5 Å². The molecule has 2 atom stereocenters. The number of carbonyl (C=O) groups is 4. The first kappa shape index (κ1) is 47.3. The number of ether oxygens (including phenoxy) is 3. The Kier molecular flexibility index (Phi) is 20.1. The molecule has 3 aromatic rings. The van der Waals surface area contributed by atoms with Gasteiger partial charge in [0, 0.05) is 56.0 Å². The molecule has 5 rings (SSSR count). The zero-order chi connectivity index (χ0) is 42.6. The van der Waals surface area contributed by atoms with Gasteiger partial charge in [-0.1, -0.05) is 34.1 Å². The average molecular weight is 818 g/mol. The summed E-state index contributed by atoms with van der Waals surface area (Å²) in [6.45, 7) is 11.3. The van der Waals surface area contributed by atoms with Crippen LogP contribution in [-0.4, -0.2) is 122 Å². The standard InChI is InChI=1S/C35H49F2N9O5.C3H8.C2H4O2/c1-21(2)31(44-35(49)50-4)34(48)46-11-5-6-28(46)33-41-19-26(43-33)22-7-12-45(13-8-22)32-24(36)16-23(17-25(32)37)27-18-40-29(42-27)9-14-51-15-10-39-30(47)20-38-3;1-3-2;1-4-2-3/h16-19,21-22,28,31,38H,5-15,20H2,1-4H3,(H,39,47)(H,40,42)(H,41,43)(H,44,49);3H2,1-2H3;2H,1H3. The zero-order valence-corrected chi connectivity index (χ0v) is 34.8. The van der Waals surface area contributed by atoms with Gasteiger partial charge < -0.3 is 49.9 Å². The number of halogens is 2. The molecule has 2 fully saturated rings. The number of alkyl carbamates (subject to hydrolysis) is 1. The van der Waals surface area contributed by atoms with Gasteiger partial charge in [0.1, 0.15) is 35.0 Å². The topological polar surface area (TPSA) is 196 Å². The summed E-state index contributed by atoms with van der Waals surface area (Å²) in [5.41, 5.74) is 1.76. The number of aromatic amines is 2. The fourth-order valence-corrected chi connectivity index (χ4v) is 6.75. The van der Waals surface area contributed by atoms with Gasteiger partial charge in [0.05, 0.1) is 51.9 Å². The van der Waals surface area contributed by atoms with Crippen LogP contribution in [0.1, 0.15) is 89.1 Å². The van der Waals surface area contributed by atoms with Crippen molar-refractivity contribution in [2.24, 2.45) is 5.92 Å². The van der Waals surface area contributed by atoms with Crippen LogP contribution in [0.4, 0.5) is 19.3 Å². The number of carbonyl (C=O) groups excluding carboxylic acids is 4. The van der Waals surface area contributed by atoms with Crippen LogP contribution < -0.4 is 20.9 Å². The minimum absolute atomic E-state index is 0.0437. The summed E-state index contributed by atoms with van der Waals surface area (Å²) in [7, 11) is 4.28. The third-order valence-electron chi connectivity index (χ3n) is 9.55. The molecule has 0 bridgehead atoms. The number of nitrogens with one attached hydrogen (secondary N) is 5. The van der Waals surface area contributed by atoms with Crippen molar-refractivity contribution in [3.63, 3.8) is 0 Å². The smallest absolute Gasteiger partial charge is 0.407 e. The number of hydrogen-bond donors (Lipinski definition) is 5. The number of nitrogens with zero attached hydrogens (tertiary/aromatic N) is 4. The van der Waals surface area contributed by atoms with Crippen LogP contribution in [0.15, 0.2) is 24.5 Å². The molecule has 58 heavy (non-hydrogen) atoms. The fourth-order valence-electron chi connectivity index (χ4n) is 6.75. The van der Waals surface area contributed by atoms with Gasteiger partial charge in [0.2, 0.25) is 11.8 Å². The number of likely N-dealkylation sites (N-methyl/N-ethyl adjacent to an activating group) is 1. The Hall–Kier alpha value is -5.10. The molecule has 18 heteroatoms. The van der Waals surface area contributed by atoms with Crippen LogP contribution in [0.3, 0.4) is 0 Å². The van der Waals surface area contributed by atoms with Crippen molar-refractivity contribution in [2.75, 3.05) is 72.1 Å². The van der Waals surface area contributed by atoms with Crippen molar-refractivity contribution in [1.82, 2.24) is 40.8 Å². The number of hydrogen-bond acceptors (Lipinski definition) is 11. The maximum absolute atomic E-state index is 15.5. The van der Waals surface area contributed by atoms with Gasteiger partial charge in [-0.15, -0.1) is 0 Å². The van der Waals surface area contributed by atoms with Crippen LogP contribution in [0.25, 0.3) is 11.3 Å². The highest BCUT2D eigenvalue weighted by atomic mass is 19.1. The van der Waals surface area contributed by atoms with Crippen molar-refractivity contribution in [2.45, 2.75) is 84.2 Å². The summed E-state index contributed by atoms with van der Waals surface area (Å²) in [5, 5.41) is 8.17. The third kappa shape index (κ3) is 13.8. The molecule has 4 heterocycles. The molecule has 2 aliphatic rings. The Morgan fingerprint density at radius 3 is 2.28 bits per heavy atom. The molecule has 3 amide bonds. The summed E-state index contributed by atoms with van der Waals surface area (Å²) in [6, 6.07) is 1.70. The van der Waals surface area contributed by atoms with E-state index in [2.05, 4.69) is 54.5 Å². The zero-order valence-electron chi connectivity index (χ0n) is 34.8. The van der Waals surface area contributed by atoms with Gasteiger partial charge in [-0.3, -0.25) is 14.4 Å².